The van der Waals surface area contributed by atoms with Crippen LogP contribution >= 0.6 is 0 Å². The summed E-state index contributed by atoms with van der Waals surface area (Å²) in [5.41, 5.74) is 5.13. The van der Waals surface area contributed by atoms with Crippen molar-refractivity contribution in [3.8, 4) is 11.1 Å². The lowest BCUT2D eigenvalue weighted by molar-refractivity contribution is -0.155. The van der Waals surface area contributed by atoms with E-state index in [1.54, 1.807) is 20.8 Å². The highest BCUT2D eigenvalue weighted by Gasteiger charge is 2.31. The minimum atomic E-state index is -1.16. The number of carbonyl (C=O) groups is 3. The number of hydrogen-bond acceptors (Lipinski definition) is 5. The van der Waals surface area contributed by atoms with Gasteiger partial charge in [-0.05, 0) is 62.3 Å². The summed E-state index contributed by atoms with van der Waals surface area (Å²) in [6.45, 7) is 7.52. The zero-order valence-corrected chi connectivity index (χ0v) is 22.1. The number of esters is 1. The van der Waals surface area contributed by atoms with Crippen LogP contribution in [-0.2, 0) is 25.5 Å². The van der Waals surface area contributed by atoms with Crippen molar-refractivity contribution >= 4 is 18.0 Å². The van der Waals surface area contributed by atoms with Gasteiger partial charge < -0.3 is 14.6 Å². The Hall–Kier alpha value is -3.35. The maximum absolute atomic E-state index is 11.8. The number of fused-ring (bicyclic) bond motifs is 3. The summed E-state index contributed by atoms with van der Waals surface area (Å²) >= 11 is 0. The zero-order valence-electron chi connectivity index (χ0n) is 22.1. The van der Waals surface area contributed by atoms with Gasteiger partial charge in [0.2, 0.25) is 0 Å². The number of unbranched alkanes of at least 4 members (excludes halogenated alkanes) is 2. The third-order valence-electron chi connectivity index (χ3n) is 5.82. The van der Waals surface area contributed by atoms with Crippen molar-refractivity contribution in [1.82, 2.24) is 4.90 Å². The van der Waals surface area contributed by atoms with E-state index in [-0.39, 0.29) is 19.4 Å². The van der Waals surface area contributed by atoms with E-state index in [0.717, 1.165) is 19.3 Å². The topological polar surface area (TPSA) is 93.1 Å². The van der Waals surface area contributed by atoms with Crippen molar-refractivity contribution in [3.63, 3.8) is 0 Å². The molecule has 2 aromatic rings. The van der Waals surface area contributed by atoms with Crippen LogP contribution in [0.25, 0.3) is 11.1 Å². The second-order valence-corrected chi connectivity index (χ2v) is 9.84. The van der Waals surface area contributed by atoms with Crippen molar-refractivity contribution in [3.05, 3.63) is 59.7 Å². The van der Waals surface area contributed by atoms with Gasteiger partial charge in [-0.2, -0.15) is 0 Å². The summed E-state index contributed by atoms with van der Waals surface area (Å²) in [6, 6.07) is 16.2. The molecule has 0 aliphatic heterocycles. The Labute approximate surface area is 214 Å². The molecular formula is C29H39NO6. The number of aliphatic carboxylic acids is 1. The van der Waals surface area contributed by atoms with Gasteiger partial charge in [-0.3, -0.25) is 9.69 Å². The first-order valence-electron chi connectivity index (χ1n) is 12.5. The first-order valence-corrected chi connectivity index (χ1v) is 12.5. The van der Waals surface area contributed by atoms with E-state index in [1.165, 1.54) is 34.3 Å². The Kier molecular flexibility index (Phi) is 11.0. The maximum Gasteiger partial charge on any atom is 0.410 e. The molecule has 7 heteroatoms. The van der Waals surface area contributed by atoms with E-state index in [0.29, 0.717) is 6.42 Å². The summed E-state index contributed by atoms with van der Waals surface area (Å²) in [5.74, 6) is -1.64. The fourth-order valence-electron chi connectivity index (χ4n) is 4.16. The van der Waals surface area contributed by atoms with E-state index >= 15 is 0 Å². The number of carboxylic acid groups (broad SMARTS) is 1. The largest absolute Gasteiger partial charge is 0.480 e. The molecule has 0 aromatic heterocycles. The van der Waals surface area contributed by atoms with Crippen LogP contribution in [0.1, 0.15) is 70.9 Å². The van der Waals surface area contributed by atoms with E-state index in [2.05, 4.69) is 53.3 Å². The minimum absolute atomic E-state index is 0.00846. The molecule has 0 heterocycles. The van der Waals surface area contributed by atoms with Crippen LogP contribution in [0.5, 0.6) is 0 Å². The fourth-order valence-corrected chi connectivity index (χ4v) is 4.16. The van der Waals surface area contributed by atoms with Crippen LogP contribution in [0, 0.1) is 0 Å². The number of carbonyl (C=O) groups excluding carboxylic acids is 2. The van der Waals surface area contributed by atoms with Crippen LogP contribution < -0.4 is 0 Å². The lowest BCUT2D eigenvalue weighted by atomic mass is 10.1. The molecule has 0 spiro atoms. The van der Waals surface area contributed by atoms with Crippen molar-refractivity contribution < 1.29 is 29.0 Å². The Balaban J connectivity index is 0.000000289. The van der Waals surface area contributed by atoms with Crippen LogP contribution in [0.4, 0.5) is 4.79 Å². The number of hydrogen-bond donors (Lipinski definition) is 1. The van der Waals surface area contributed by atoms with E-state index in [9.17, 15) is 19.5 Å². The lowest BCUT2D eigenvalue weighted by Gasteiger charge is -2.28. The van der Waals surface area contributed by atoms with Gasteiger partial charge in [0.15, 0.2) is 0 Å². The average Bonchev–Trinajstić information content (AvgIpc) is 3.20. The predicted octanol–water partition coefficient (Wildman–Crippen LogP) is 6.08. The Morgan fingerprint density at radius 3 is 2.00 bits per heavy atom. The van der Waals surface area contributed by atoms with Gasteiger partial charge in [0, 0.05) is 13.0 Å². The van der Waals surface area contributed by atoms with Crippen LogP contribution in [-0.4, -0.2) is 53.3 Å². The van der Waals surface area contributed by atoms with E-state index in [4.69, 9.17) is 4.74 Å². The molecule has 0 bridgehead atoms. The number of methoxy groups -OCH3 is 1. The molecule has 36 heavy (non-hydrogen) atoms. The number of ether oxygens (including phenoxy) is 2. The van der Waals surface area contributed by atoms with Crippen molar-refractivity contribution in [2.75, 3.05) is 13.7 Å². The van der Waals surface area contributed by atoms with Gasteiger partial charge in [-0.15, -0.1) is 0 Å². The number of rotatable bonds is 9. The van der Waals surface area contributed by atoms with Gasteiger partial charge in [-0.25, -0.2) is 9.59 Å². The van der Waals surface area contributed by atoms with Crippen molar-refractivity contribution in [2.24, 2.45) is 0 Å². The molecule has 1 N–H and O–H groups in total. The zero-order chi connectivity index (χ0) is 26.7. The van der Waals surface area contributed by atoms with Gasteiger partial charge >= 0.3 is 18.0 Å². The summed E-state index contributed by atoms with van der Waals surface area (Å²) < 4.78 is 9.84. The predicted molar refractivity (Wildman–Crippen MR) is 140 cm³/mol. The van der Waals surface area contributed by atoms with Crippen LogP contribution in [0.2, 0.25) is 0 Å². The third-order valence-corrected chi connectivity index (χ3v) is 5.82. The molecule has 2 aromatic carbocycles. The second kappa shape index (κ2) is 13.7. The standard InChI is InChI=1S/C16H29NO6.C13H10/c1-6-7-8-11-17(15(21)22-5)12(14(19)20)9-10-13(18)23-16(2,3)4;1-3-7-12-10(5-1)9-11-6-2-4-8-13(11)12/h12H,6-11H2,1-5H3,(H,19,20);1-8H,9H2. The third kappa shape index (κ3) is 8.70. The highest BCUT2D eigenvalue weighted by Crippen LogP contribution is 2.35. The summed E-state index contributed by atoms with van der Waals surface area (Å²) in [4.78, 5) is 36.3. The molecule has 0 fully saturated rings. The molecule has 1 aliphatic rings. The molecule has 196 valence electrons. The number of carboxylic acids is 1. The van der Waals surface area contributed by atoms with Crippen molar-refractivity contribution in [2.45, 2.75) is 77.9 Å². The highest BCUT2D eigenvalue weighted by atomic mass is 16.6. The van der Waals surface area contributed by atoms with Gasteiger partial charge in [0.25, 0.3) is 0 Å². The van der Waals surface area contributed by atoms with E-state index < -0.39 is 29.7 Å². The molecule has 7 nitrogen and oxygen atoms in total. The Bertz CT molecular complexity index is 983. The van der Waals surface area contributed by atoms with Gasteiger partial charge in [0.1, 0.15) is 11.6 Å². The van der Waals surface area contributed by atoms with Crippen molar-refractivity contribution in [1.29, 1.82) is 0 Å². The molecule has 1 unspecified atom stereocenters. The number of benzene rings is 2. The Morgan fingerprint density at radius 1 is 0.972 bits per heavy atom. The Morgan fingerprint density at radius 2 is 1.53 bits per heavy atom. The molecule has 1 atom stereocenters. The minimum Gasteiger partial charge on any atom is -0.480 e. The molecular weight excluding hydrogens is 458 g/mol. The number of amides is 1. The fraction of sp³-hybridized carbons (Fsp3) is 0.483. The molecule has 0 saturated carbocycles. The van der Waals surface area contributed by atoms with Gasteiger partial charge in [0.05, 0.1) is 7.11 Å². The van der Waals surface area contributed by atoms with Crippen LogP contribution in [0.3, 0.4) is 0 Å². The molecule has 1 amide bonds. The quantitative estimate of drug-likeness (QED) is 0.285. The SMILES string of the molecule is CCCCCN(C(=O)OC)C(CCC(=O)OC(C)(C)C)C(=O)O.c1ccc2c(c1)Cc1ccccc1-2. The molecule has 1 aliphatic carbocycles. The highest BCUT2D eigenvalue weighted by molar-refractivity contribution is 5.81. The second-order valence-electron chi connectivity index (χ2n) is 9.84. The van der Waals surface area contributed by atoms with Crippen LogP contribution in [0.15, 0.2) is 48.5 Å². The maximum atomic E-state index is 11.8. The summed E-state index contributed by atoms with van der Waals surface area (Å²) in [6.07, 6.45) is 2.84. The smallest absolute Gasteiger partial charge is 0.410 e. The van der Waals surface area contributed by atoms with Gasteiger partial charge in [-0.1, -0.05) is 68.3 Å². The molecule has 3 rings (SSSR count). The normalized spacial score (nSPS) is 12.4. The summed E-state index contributed by atoms with van der Waals surface area (Å²) in [5, 5.41) is 9.39. The van der Waals surface area contributed by atoms with E-state index in [1.807, 2.05) is 6.92 Å². The molecule has 0 radical (unpaired) electrons. The number of nitrogens with zero attached hydrogens (tertiary/aromatic N) is 1. The lowest BCUT2D eigenvalue weighted by Crippen LogP contribution is -2.46. The summed E-state index contributed by atoms with van der Waals surface area (Å²) in [7, 11) is 1.21. The monoisotopic (exact) mass is 497 g/mol. The first kappa shape index (κ1) is 28.9. The first-order chi connectivity index (χ1) is 17.1. The average molecular weight is 498 g/mol. The molecule has 0 saturated heterocycles.